The number of aliphatic hydroxyl groups excluding tert-OH is 1. The van der Waals surface area contributed by atoms with Gasteiger partial charge in [0.25, 0.3) is 0 Å². The number of hydrogen-bond acceptors (Lipinski definition) is 3. The standard InChI is InChI=1S/C14H21NO3/c1-3-18-12-7-8-13(11(2)10-12)15-14(17)6-4-5-9-16/h7-8,10,16H,3-6,9H2,1-2H3,(H,15,17). The normalized spacial score (nSPS) is 10.2. The van der Waals surface area contributed by atoms with Crippen molar-refractivity contribution in [2.24, 2.45) is 0 Å². The van der Waals surface area contributed by atoms with Crippen molar-refractivity contribution in [1.82, 2.24) is 0 Å². The number of anilines is 1. The van der Waals surface area contributed by atoms with Crippen LogP contribution in [0, 0.1) is 6.92 Å². The van der Waals surface area contributed by atoms with Crippen LogP contribution in [0.1, 0.15) is 31.7 Å². The van der Waals surface area contributed by atoms with Gasteiger partial charge in [-0.3, -0.25) is 4.79 Å². The zero-order valence-corrected chi connectivity index (χ0v) is 11.0. The van der Waals surface area contributed by atoms with E-state index in [-0.39, 0.29) is 12.5 Å². The molecule has 100 valence electrons. The van der Waals surface area contributed by atoms with Crippen molar-refractivity contribution in [2.75, 3.05) is 18.5 Å². The molecular weight excluding hydrogens is 230 g/mol. The van der Waals surface area contributed by atoms with Gasteiger partial charge in [-0.2, -0.15) is 0 Å². The van der Waals surface area contributed by atoms with E-state index in [1.807, 2.05) is 32.0 Å². The van der Waals surface area contributed by atoms with Crippen LogP contribution in [0.4, 0.5) is 5.69 Å². The molecule has 0 aliphatic rings. The van der Waals surface area contributed by atoms with Crippen molar-refractivity contribution in [3.8, 4) is 5.75 Å². The molecule has 0 aliphatic carbocycles. The van der Waals surface area contributed by atoms with E-state index in [1.165, 1.54) is 0 Å². The molecule has 0 saturated heterocycles. The second-order valence-corrected chi connectivity index (χ2v) is 4.14. The Balaban J connectivity index is 2.53. The molecule has 1 aromatic carbocycles. The van der Waals surface area contributed by atoms with E-state index in [0.29, 0.717) is 25.9 Å². The molecule has 0 heterocycles. The van der Waals surface area contributed by atoms with Crippen molar-refractivity contribution < 1.29 is 14.6 Å². The summed E-state index contributed by atoms with van der Waals surface area (Å²) < 4.78 is 5.39. The molecule has 0 aliphatic heterocycles. The number of unbranched alkanes of at least 4 members (excludes halogenated alkanes) is 1. The van der Waals surface area contributed by atoms with Gasteiger partial charge < -0.3 is 15.2 Å². The Bertz CT molecular complexity index is 391. The molecule has 1 aromatic rings. The molecule has 0 spiro atoms. The number of carbonyl (C=O) groups is 1. The maximum Gasteiger partial charge on any atom is 0.224 e. The van der Waals surface area contributed by atoms with E-state index in [4.69, 9.17) is 9.84 Å². The summed E-state index contributed by atoms with van der Waals surface area (Å²) >= 11 is 0. The van der Waals surface area contributed by atoms with Gasteiger partial charge in [0.15, 0.2) is 0 Å². The zero-order chi connectivity index (χ0) is 13.4. The lowest BCUT2D eigenvalue weighted by atomic mass is 10.1. The van der Waals surface area contributed by atoms with Gasteiger partial charge in [-0.1, -0.05) is 0 Å². The van der Waals surface area contributed by atoms with Crippen LogP contribution in [0.3, 0.4) is 0 Å². The number of hydrogen-bond donors (Lipinski definition) is 2. The number of amides is 1. The highest BCUT2D eigenvalue weighted by molar-refractivity contribution is 5.91. The van der Waals surface area contributed by atoms with E-state index in [0.717, 1.165) is 17.0 Å². The summed E-state index contributed by atoms with van der Waals surface area (Å²) in [5.41, 5.74) is 1.80. The Morgan fingerprint density at radius 2 is 2.17 bits per heavy atom. The number of benzene rings is 1. The lowest BCUT2D eigenvalue weighted by Crippen LogP contribution is -2.12. The van der Waals surface area contributed by atoms with E-state index >= 15 is 0 Å². The Morgan fingerprint density at radius 3 is 2.78 bits per heavy atom. The first-order valence-electron chi connectivity index (χ1n) is 6.31. The topological polar surface area (TPSA) is 58.6 Å². The molecule has 0 atom stereocenters. The molecular formula is C14H21NO3. The number of nitrogens with one attached hydrogen (secondary N) is 1. The second-order valence-electron chi connectivity index (χ2n) is 4.14. The van der Waals surface area contributed by atoms with Gasteiger partial charge in [0.05, 0.1) is 6.61 Å². The molecule has 0 aromatic heterocycles. The van der Waals surface area contributed by atoms with Crippen LogP contribution in [0.25, 0.3) is 0 Å². The molecule has 0 bridgehead atoms. The fourth-order valence-electron chi connectivity index (χ4n) is 1.64. The molecule has 0 unspecified atom stereocenters. The van der Waals surface area contributed by atoms with Crippen LogP contribution in [0.15, 0.2) is 18.2 Å². The maximum absolute atomic E-state index is 11.6. The largest absolute Gasteiger partial charge is 0.494 e. The first kappa shape index (κ1) is 14.5. The van der Waals surface area contributed by atoms with E-state index < -0.39 is 0 Å². The SMILES string of the molecule is CCOc1ccc(NC(=O)CCCCO)c(C)c1. The number of rotatable bonds is 7. The maximum atomic E-state index is 11.6. The Labute approximate surface area is 108 Å². The third kappa shape index (κ3) is 4.75. The third-order valence-electron chi connectivity index (χ3n) is 2.59. The van der Waals surface area contributed by atoms with Crippen molar-refractivity contribution >= 4 is 11.6 Å². The first-order valence-corrected chi connectivity index (χ1v) is 6.31. The Hall–Kier alpha value is -1.55. The Kier molecular flexibility index (Phi) is 6.22. The van der Waals surface area contributed by atoms with Gasteiger partial charge in [0, 0.05) is 18.7 Å². The van der Waals surface area contributed by atoms with Crippen LogP contribution in [0.2, 0.25) is 0 Å². The quantitative estimate of drug-likeness (QED) is 0.732. The van der Waals surface area contributed by atoms with Crippen molar-refractivity contribution in [2.45, 2.75) is 33.1 Å². The van der Waals surface area contributed by atoms with Crippen LogP contribution in [-0.2, 0) is 4.79 Å². The second kappa shape index (κ2) is 7.71. The molecule has 2 N–H and O–H groups in total. The van der Waals surface area contributed by atoms with E-state index in [1.54, 1.807) is 0 Å². The van der Waals surface area contributed by atoms with Gasteiger partial charge in [0.1, 0.15) is 5.75 Å². The van der Waals surface area contributed by atoms with Crippen molar-refractivity contribution in [1.29, 1.82) is 0 Å². The summed E-state index contributed by atoms with van der Waals surface area (Å²) in [7, 11) is 0. The monoisotopic (exact) mass is 251 g/mol. The molecule has 1 rings (SSSR count). The fraction of sp³-hybridized carbons (Fsp3) is 0.500. The number of carbonyl (C=O) groups excluding carboxylic acids is 1. The van der Waals surface area contributed by atoms with Gasteiger partial charge in [-0.15, -0.1) is 0 Å². The lowest BCUT2D eigenvalue weighted by molar-refractivity contribution is -0.116. The van der Waals surface area contributed by atoms with Gasteiger partial charge in [0.2, 0.25) is 5.91 Å². The predicted molar refractivity (Wildman–Crippen MR) is 71.9 cm³/mol. The highest BCUT2D eigenvalue weighted by Gasteiger charge is 2.05. The highest BCUT2D eigenvalue weighted by Crippen LogP contribution is 2.21. The summed E-state index contributed by atoms with van der Waals surface area (Å²) in [5.74, 6) is 0.795. The van der Waals surface area contributed by atoms with E-state index in [2.05, 4.69) is 5.32 Å². The minimum atomic E-state index is -0.0179. The lowest BCUT2D eigenvalue weighted by Gasteiger charge is -2.10. The van der Waals surface area contributed by atoms with E-state index in [9.17, 15) is 4.79 Å². The third-order valence-corrected chi connectivity index (χ3v) is 2.59. The summed E-state index contributed by atoms with van der Waals surface area (Å²) in [6.07, 6.45) is 1.81. The number of aryl methyl sites for hydroxylation is 1. The minimum Gasteiger partial charge on any atom is -0.494 e. The number of aliphatic hydroxyl groups is 1. The molecule has 0 fully saturated rings. The molecule has 0 saturated carbocycles. The smallest absolute Gasteiger partial charge is 0.224 e. The van der Waals surface area contributed by atoms with Gasteiger partial charge >= 0.3 is 0 Å². The molecule has 4 nitrogen and oxygen atoms in total. The van der Waals surface area contributed by atoms with Gasteiger partial charge in [-0.05, 0) is 50.5 Å². The summed E-state index contributed by atoms with van der Waals surface area (Å²) in [6, 6.07) is 5.61. The van der Waals surface area contributed by atoms with Crippen molar-refractivity contribution in [3.05, 3.63) is 23.8 Å². The summed E-state index contributed by atoms with van der Waals surface area (Å²) in [4.78, 5) is 11.6. The Morgan fingerprint density at radius 1 is 1.39 bits per heavy atom. The molecule has 18 heavy (non-hydrogen) atoms. The van der Waals surface area contributed by atoms with Crippen LogP contribution < -0.4 is 10.1 Å². The summed E-state index contributed by atoms with van der Waals surface area (Å²) in [6.45, 7) is 4.64. The molecule has 4 heteroatoms. The zero-order valence-electron chi connectivity index (χ0n) is 11.0. The van der Waals surface area contributed by atoms with Crippen LogP contribution in [0.5, 0.6) is 5.75 Å². The average molecular weight is 251 g/mol. The fourth-order valence-corrected chi connectivity index (χ4v) is 1.64. The average Bonchev–Trinajstić information content (AvgIpc) is 2.33. The van der Waals surface area contributed by atoms with Crippen LogP contribution >= 0.6 is 0 Å². The predicted octanol–water partition coefficient (Wildman–Crippen LogP) is 2.49. The molecule has 0 radical (unpaired) electrons. The van der Waals surface area contributed by atoms with Gasteiger partial charge in [-0.25, -0.2) is 0 Å². The van der Waals surface area contributed by atoms with Crippen LogP contribution in [-0.4, -0.2) is 24.2 Å². The highest BCUT2D eigenvalue weighted by atomic mass is 16.5. The summed E-state index contributed by atoms with van der Waals surface area (Å²) in [5, 5.41) is 11.5. The number of ether oxygens (including phenoxy) is 1. The molecule has 1 amide bonds. The first-order chi connectivity index (χ1) is 8.67. The van der Waals surface area contributed by atoms with Crippen molar-refractivity contribution in [3.63, 3.8) is 0 Å². The minimum absolute atomic E-state index is 0.0179.